The molecule has 1 unspecified atom stereocenters. The lowest BCUT2D eigenvalue weighted by Crippen LogP contribution is -2.29. The monoisotopic (exact) mass is 181 g/mol. The quantitative estimate of drug-likeness (QED) is 0.601. The van der Waals surface area contributed by atoms with Gasteiger partial charge in [0, 0.05) is 6.04 Å². The number of rotatable bonds is 5. The summed E-state index contributed by atoms with van der Waals surface area (Å²) in [6, 6.07) is -0.426. The van der Waals surface area contributed by atoms with Gasteiger partial charge in [0.05, 0.1) is 5.75 Å². The van der Waals surface area contributed by atoms with Gasteiger partial charge < -0.3 is 5.73 Å². The van der Waals surface area contributed by atoms with Crippen LogP contribution in [0.25, 0.3) is 0 Å². The second-order valence-electron chi connectivity index (χ2n) is 2.65. The van der Waals surface area contributed by atoms with Crippen LogP contribution in [0.5, 0.6) is 0 Å². The van der Waals surface area contributed by atoms with Crippen molar-refractivity contribution in [1.82, 2.24) is 0 Å². The maximum absolute atomic E-state index is 10.3. The van der Waals surface area contributed by atoms with Gasteiger partial charge in [-0.25, -0.2) is 0 Å². The first kappa shape index (κ1) is 10.9. The topological polar surface area (TPSA) is 80.4 Å². The Morgan fingerprint density at radius 3 is 2.45 bits per heavy atom. The van der Waals surface area contributed by atoms with Crippen molar-refractivity contribution in [2.75, 3.05) is 5.75 Å². The Kier molecular flexibility index (Phi) is 4.63. The van der Waals surface area contributed by atoms with Crippen LogP contribution in [0, 0.1) is 0 Å². The van der Waals surface area contributed by atoms with Crippen molar-refractivity contribution in [2.24, 2.45) is 5.73 Å². The van der Waals surface area contributed by atoms with Crippen molar-refractivity contribution in [2.45, 2.75) is 32.2 Å². The molecule has 0 aliphatic heterocycles. The smallest absolute Gasteiger partial charge is 0.266 e. The molecule has 0 aliphatic carbocycles. The normalized spacial score (nSPS) is 14.8. The molecule has 0 aliphatic rings. The highest BCUT2D eigenvalue weighted by Gasteiger charge is 2.11. The first-order valence-corrected chi connectivity index (χ1v) is 5.27. The molecular weight excluding hydrogens is 166 g/mol. The minimum atomic E-state index is -3.88. The van der Waals surface area contributed by atoms with E-state index in [1.165, 1.54) is 0 Å². The minimum absolute atomic E-state index is 0.326. The molecule has 3 N–H and O–H groups in total. The van der Waals surface area contributed by atoms with E-state index in [0.29, 0.717) is 6.42 Å². The van der Waals surface area contributed by atoms with E-state index >= 15 is 0 Å². The van der Waals surface area contributed by atoms with Crippen LogP contribution >= 0.6 is 0 Å². The van der Waals surface area contributed by atoms with Crippen LogP contribution in [-0.4, -0.2) is 24.8 Å². The predicted octanol–water partition coefficient (Wildman–Crippen LogP) is 0.392. The summed E-state index contributed by atoms with van der Waals surface area (Å²) in [6.45, 7) is 2.00. The fraction of sp³-hybridized carbons (Fsp3) is 1.00. The van der Waals surface area contributed by atoms with Crippen LogP contribution in [0.3, 0.4) is 0 Å². The zero-order chi connectivity index (χ0) is 8.91. The molecule has 0 fully saturated rings. The summed E-state index contributed by atoms with van der Waals surface area (Å²) in [5, 5.41) is 0. The summed E-state index contributed by atoms with van der Waals surface area (Å²) < 4.78 is 28.9. The highest BCUT2D eigenvalue weighted by atomic mass is 32.2. The lowest BCUT2D eigenvalue weighted by Gasteiger charge is -2.07. The lowest BCUT2D eigenvalue weighted by atomic mass is 10.2. The van der Waals surface area contributed by atoms with Crippen LogP contribution in [-0.2, 0) is 10.1 Å². The van der Waals surface area contributed by atoms with Gasteiger partial charge in [-0.3, -0.25) is 4.55 Å². The van der Waals surface area contributed by atoms with Crippen molar-refractivity contribution in [3.63, 3.8) is 0 Å². The average Bonchev–Trinajstić information content (AvgIpc) is 1.79. The van der Waals surface area contributed by atoms with E-state index in [1.54, 1.807) is 0 Å². The molecule has 4 nitrogen and oxygen atoms in total. The molecule has 0 aromatic carbocycles. The van der Waals surface area contributed by atoms with Gasteiger partial charge in [0.25, 0.3) is 10.1 Å². The third-order valence-electron chi connectivity index (χ3n) is 1.35. The molecule has 0 rings (SSSR count). The number of unbranched alkanes of at least 4 members (excludes halogenated alkanes) is 1. The number of hydrogen-bond donors (Lipinski definition) is 2. The zero-order valence-electron chi connectivity index (χ0n) is 6.66. The molecule has 68 valence electrons. The number of hydrogen-bond acceptors (Lipinski definition) is 3. The summed E-state index contributed by atoms with van der Waals surface area (Å²) in [7, 11) is -3.88. The molecule has 0 saturated carbocycles. The average molecular weight is 181 g/mol. The van der Waals surface area contributed by atoms with E-state index in [2.05, 4.69) is 0 Å². The van der Waals surface area contributed by atoms with Crippen molar-refractivity contribution in [3.8, 4) is 0 Å². The van der Waals surface area contributed by atoms with E-state index in [-0.39, 0.29) is 5.75 Å². The summed E-state index contributed by atoms with van der Waals surface area (Å²) in [5.74, 6) is -0.326. The maximum Gasteiger partial charge on any atom is 0.266 e. The molecule has 0 aromatic rings. The molecular formula is C6H15NO3S. The van der Waals surface area contributed by atoms with Crippen LogP contribution in [0.4, 0.5) is 0 Å². The Balaban J connectivity index is 3.61. The van der Waals surface area contributed by atoms with Crippen molar-refractivity contribution < 1.29 is 13.0 Å². The van der Waals surface area contributed by atoms with E-state index in [0.717, 1.165) is 12.8 Å². The van der Waals surface area contributed by atoms with E-state index < -0.39 is 16.2 Å². The molecule has 0 amide bonds. The van der Waals surface area contributed by atoms with Gasteiger partial charge in [-0.05, 0) is 6.42 Å². The second kappa shape index (κ2) is 4.69. The lowest BCUT2D eigenvalue weighted by molar-refractivity contribution is 0.472. The van der Waals surface area contributed by atoms with Gasteiger partial charge in [-0.1, -0.05) is 19.8 Å². The fourth-order valence-corrected chi connectivity index (χ4v) is 1.53. The SMILES string of the molecule is CCCCC(N)CS(=O)(=O)O. The summed E-state index contributed by atoms with van der Waals surface area (Å²) >= 11 is 0. The van der Waals surface area contributed by atoms with Crippen LogP contribution in [0.15, 0.2) is 0 Å². The standard InChI is InChI=1S/C6H15NO3S/c1-2-3-4-6(7)5-11(8,9)10/h6H,2-5,7H2,1H3,(H,8,9,10). The second-order valence-corrected chi connectivity index (χ2v) is 4.15. The van der Waals surface area contributed by atoms with Crippen LogP contribution in [0.1, 0.15) is 26.2 Å². The molecule has 0 heterocycles. The molecule has 0 spiro atoms. The van der Waals surface area contributed by atoms with Gasteiger partial charge in [0.15, 0.2) is 0 Å². The minimum Gasteiger partial charge on any atom is -0.327 e. The summed E-state index contributed by atoms with van der Waals surface area (Å²) in [4.78, 5) is 0. The Morgan fingerprint density at radius 2 is 2.09 bits per heavy atom. The van der Waals surface area contributed by atoms with Gasteiger partial charge in [0.2, 0.25) is 0 Å². The predicted molar refractivity (Wildman–Crippen MR) is 43.9 cm³/mol. The number of nitrogens with two attached hydrogens (primary N) is 1. The molecule has 11 heavy (non-hydrogen) atoms. The fourth-order valence-electron chi connectivity index (χ4n) is 0.820. The van der Waals surface area contributed by atoms with E-state index in [1.807, 2.05) is 6.92 Å². The Labute approximate surface area is 67.5 Å². The molecule has 0 bridgehead atoms. The van der Waals surface area contributed by atoms with Gasteiger partial charge >= 0.3 is 0 Å². The van der Waals surface area contributed by atoms with Crippen LogP contribution < -0.4 is 5.73 Å². The van der Waals surface area contributed by atoms with Gasteiger partial charge in [-0.15, -0.1) is 0 Å². The Morgan fingerprint density at radius 1 is 1.55 bits per heavy atom. The van der Waals surface area contributed by atoms with Crippen LogP contribution in [0.2, 0.25) is 0 Å². The van der Waals surface area contributed by atoms with Crippen molar-refractivity contribution in [3.05, 3.63) is 0 Å². The largest absolute Gasteiger partial charge is 0.327 e. The van der Waals surface area contributed by atoms with E-state index in [4.69, 9.17) is 10.3 Å². The molecule has 5 heteroatoms. The van der Waals surface area contributed by atoms with Crippen molar-refractivity contribution >= 4 is 10.1 Å². The van der Waals surface area contributed by atoms with E-state index in [9.17, 15) is 8.42 Å². The third-order valence-corrected chi connectivity index (χ3v) is 2.20. The molecule has 0 saturated heterocycles. The summed E-state index contributed by atoms with van der Waals surface area (Å²) in [5.41, 5.74) is 5.41. The molecule has 0 aromatic heterocycles. The maximum atomic E-state index is 10.3. The first-order chi connectivity index (χ1) is 4.95. The van der Waals surface area contributed by atoms with Gasteiger partial charge in [0.1, 0.15) is 0 Å². The highest BCUT2D eigenvalue weighted by molar-refractivity contribution is 7.85. The summed E-state index contributed by atoms with van der Waals surface area (Å²) in [6.07, 6.45) is 2.53. The Hall–Kier alpha value is -0.130. The third kappa shape index (κ3) is 7.77. The van der Waals surface area contributed by atoms with Crippen molar-refractivity contribution in [1.29, 1.82) is 0 Å². The zero-order valence-corrected chi connectivity index (χ0v) is 7.47. The molecule has 1 atom stereocenters. The highest BCUT2D eigenvalue weighted by Crippen LogP contribution is 1.99. The van der Waals surface area contributed by atoms with Gasteiger partial charge in [-0.2, -0.15) is 8.42 Å². The Bertz CT molecular complexity index is 188. The molecule has 0 radical (unpaired) electrons. The first-order valence-electron chi connectivity index (χ1n) is 3.66.